The number of fused-ring (bicyclic) bond motifs is 1. The van der Waals surface area contributed by atoms with Crippen LogP contribution < -0.4 is 0 Å². The molecular weight excluding hydrogens is 192 g/mol. The highest BCUT2D eigenvalue weighted by molar-refractivity contribution is 9.10. The molecule has 2 rings (SSSR count). The molecule has 0 atom stereocenters. The Morgan fingerprint density at radius 1 is 1.30 bits per heavy atom. The van der Waals surface area contributed by atoms with Crippen LogP contribution in [0.2, 0.25) is 0 Å². The summed E-state index contributed by atoms with van der Waals surface area (Å²) >= 11 is 3.33. The third-order valence-corrected chi connectivity index (χ3v) is 2.85. The number of aromatic hydroxyl groups is 1. The molecule has 0 unspecified atom stereocenters. The van der Waals surface area contributed by atoms with Gasteiger partial charge in [0.25, 0.3) is 0 Å². The van der Waals surface area contributed by atoms with Crippen molar-refractivity contribution in [2.45, 2.75) is 12.8 Å². The van der Waals surface area contributed by atoms with Crippen molar-refractivity contribution in [1.29, 1.82) is 0 Å². The minimum Gasteiger partial charge on any atom is -0.507 e. The average Bonchev–Trinajstić information content (AvgIpc) is 1.82. The van der Waals surface area contributed by atoms with Gasteiger partial charge in [-0.15, -0.1) is 0 Å². The molecule has 0 saturated heterocycles. The number of phenols is 1. The molecule has 0 aromatic heterocycles. The Morgan fingerprint density at radius 3 is 2.60 bits per heavy atom. The summed E-state index contributed by atoms with van der Waals surface area (Å²) in [5, 5.41) is 9.21. The standard InChI is InChI=1S/C8H7BrO/c9-8-6-3-1-5(6)2-4-7(8)10/h2,4,10H,1,3H2. The van der Waals surface area contributed by atoms with E-state index in [2.05, 4.69) is 15.9 Å². The topological polar surface area (TPSA) is 20.2 Å². The lowest BCUT2D eigenvalue weighted by molar-refractivity contribution is 0.469. The van der Waals surface area contributed by atoms with E-state index in [0.29, 0.717) is 5.75 Å². The molecule has 1 aliphatic rings. The highest BCUT2D eigenvalue weighted by atomic mass is 79.9. The second-order valence-electron chi connectivity index (χ2n) is 2.54. The summed E-state index contributed by atoms with van der Waals surface area (Å²) < 4.78 is 0.885. The number of benzene rings is 1. The Labute approximate surface area is 67.8 Å². The van der Waals surface area contributed by atoms with Gasteiger partial charge in [-0.05, 0) is 46.0 Å². The molecule has 0 spiro atoms. The second kappa shape index (κ2) is 1.99. The van der Waals surface area contributed by atoms with E-state index in [4.69, 9.17) is 0 Å². The van der Waals surface area contributed by atoms with Crippen molar-refractivity contribution in [3.05, 3.63) is 27.7 Å². The Kier molecular flexibility index (Phi) is 1.24. The van der Waals surface area contributed by atoms with Crippen LogP contribution in [0.3, 0.4) is 0 Å². The van der Waals surface area contributed by atoms with Gasteiger partial charge in [0, 0.05) is 0 Å². The van der Waals surface area contributed by atoms with Gasteiger partial charge in [-0.3, -0.25) is 0 Å². The van der Waals surface area contributed by atoms with E-state index in [0.717, 1.165) is 17.3 Å². The van der Waals surface area contributed by atoms with Gasteiger partial charge >= 0.3 is 0 Å². The van der Waals surface area contributed by atoms with Gasteiger partial charge in [0.1, 0.15) is 5.75 Å². The number of rotatable bonds is 0. The number of aryl methyl sites for hydroxylation is 1. The van der Waals surface area contributed by atoms with Gasteiger partial charge in [0.15, 0.2) is 0 Å². The molecule has 2 heteroatoms. The zero-order valence-corrected chi connectivity index (χ0v) is 6.98. The van der Waals surface area contributed by atoms with Crippen molar-refractivity contribution in [3.8, 4) is 5.75 Å². The van der Waals surface area contributed by atoms with Crippen LogP contribution in [0.15, 0.2) is 16.6 Å². The number of hydrogen-bond acceptors (Lipinski definition) is 1. The first-order valence-corrected chi connectivity index (χ1v) is 4.07. The Hall–Kier alpha value is -0.500. The molecule has 0 aliphatic heterocycles. The largest absolute Gasteiger partial charge is 0.507 e. The van der Waals surface area contributed by atoms with Crippen LogP contribution in [0.4, 0.5) is 0 Å². The quantitative estimate of drug-likeness (QED) is 0.679. The molecule has 1 aromatic rings. The molecule has 0 saturated carbocycles. The molecule has 1 aromatic carbocycles. The zero-order valence-electron chi connectivity index (χ0n) is 5.39. The minimum absolute atomic E-state index is 0.360. The predicted octanol–water partition coefficient (Wildman–Crippen LogP) is 2.25. The molecule has 10 heavy (non-hydrogen) atoms. The van der Waals surface area contributed by atoms with Crippen LogP contribution >= 0.6 is 15.9 Å². The van der Waals surface area contributed by atoms with E-state index in [1.165, 1.54) is 11.1 Å². The molecule has 1 aliphatic carbocycles. The molecule has 1 nitrogen and oxygen atoms in total. The highest BCUT2D eigenvalue weighted by Crippen LogP contribution is 2.36. The van der Waals surface area contributed by atoms with Gasteiger partial charge in [0.2, 0.25) is 0 Å². The van der Waals surface area contributed by atoms with Gasteiger partial charge in [-0.1, -0.05) is 6.07 Å². The fraction of sp³-hybridized carbons (Fsp3) is 0.250. The smallest absolute Gasteiger partial charge is 0.130 e. The lowest BCUT2D eigenvalue weighted by atomic mass is 9.89. The Bertz CT molecular complexity index is 266. The third kappa shape index (κ3) is 0.686. The molecule has 1 N–H and O–H groups in total. The van der Waals surface area contributed by atoms with Crippen molar-refractivity contribution in [2.75, 3.05) is 0 Å². The van der Waals surface area contributed by atoms with Crippen LogP contribution in [0.25, 0.3) is 0 Å². The monoisotopic (exact) mass is 198 g/mol. The summed E-state index contributed by atoms with van der Waals surface area (Å²) in [5.41, 5.74) is 2.64. The van der Waals surface area contributed by atoms with Crippen molar-refractivity contribution in [3.63, 3.8) is 0 Å². The van der Waals surface area contributed by atoms with Crippen LogP contribution in [-0.2, 0) is 12.8 Å². The number of hydrogen-bond donors (Lipinski definition) is 1. The van der Waals surface area contributed by atoms with Crippen molar-refractivity contribution >= 4 is 15.9 Å². The molecule has 52 valence electrons. The minimum atomic E-state index is 0.360. The Morgan fingerprint density at radius 2 is 2.10 bits per heavy atom. The number of phenolic OH excluding ortho intramolecular Hbond substituents is 1. The van der Waals surface area contributed by atoms with E-state index in [9.17, 15) is 5.11 Å². The lowest BCUT2D eigenvalue weighted by Crippen LogP contribution is -2.08. The van der Waals surface area contributed by atoms with Gasteiger partial charge < -0.3 is 5.11 Å². The normalized spacial score (nSPS) is 14.1. The molecule has 0 radical (unpaired) electrons. The van der Waals surface area contributed by atoms with Crippen molar-refractivity contribution < 1.29 is 5.11 Å². The fourth-order valence-electron chi connectivity index (χ4n) is 1.24. The SMILES string of the molecule is Oc1ccc2c(c1Br)CC2. The summed E-state index contributed by atoms with van der Waals surface area (Å²) in [6.07, 6.45) is 2.26. The third-order valence-electron chi connectivity index (χ3n) is 1.96. The fourth-order valence-corrected chi connectivity index (χ4v) is 1.82. The molecule has 0 bridgehead atoms. The van der Waals surface area contributed by atoms with Crippen molar-refractivity contribution in [2.24, 2.45) is 0 Å². The van der Waals surface area contributed by atoms with E-state index >= 15 is 0 Å². The van der Waals surface area contributed by atoms with Crippen LogP contribution in [0, 0.1) is 0 Å². The lowest BCUT2D eigenvalue weighted by Gasteiger charge is -2.20. The first kappa shape index (κ1) is 6.23. The van der Waals surface area contributed by atoms with Crippen LogP contribution in [0.1, 0.15) is 11.1 Å². The first-order valence-electron chi connectivity index (χ1n) is 3.28. The van der Waals surface area contributed by atoms with E-state index in [1.54, 1.807) is 6.07 Å². The summed E-state index contributed by atoms with van der Waals surface area (Å²) in [5.74, 6) is 0.360. The zero-order chi connectivity index (χ0) is 7.14. The summed E-state index contributed by atoms with van der Waals surface area (Å²) in [6.45, 7) is 0. The molecule has 0 heterocycles. The summed E-state index contributed by atoms with van der Waals surface area (Å²) in [7, 11) is 0. The van der Waals surface area contributed by atoms with Gasteiger partial charge in [0.05, 0.1) is 4.47 Å². The van der Waals surface area contributed by atoms with E-state index in [-0.39, 0.29) is 0 Å². The van der Waals surface area contributed by atoms with E-state index < -0.39 is 0 Å². The van der Waals surface area contributed by atoms with Crippen molar-refractivity contribution in [1.82, 2.24) is 0 Å². The average molecular weight is 199 g/mol. The first-order chi connectivity index (χ1) is 4.79. The second-order valence-corrected chi connectivity index (χ2v) is 3.33. The molecule has 0 fully saturated rings. The van der Waals surface area contributed by atoms with E-state index in [1.807, 2.05) is 6.07 Å². The molecule has 0 amide bonds. The summed E-state index contributed by atoms with van der Waals surface area (Å²) in [4.78, 5) is 0. The summed E-state index contributed by atoms with van der Waals surface area (Å²) in [6, 6.07) is 3.72. The number of halogens is 1. The maximum Gasteiger partial charge on any atom is 0.130 e. The molecular formula is C8H7BrO. The van der Waals surface area contributed by atoms with Gasteiger partial charge in [-0.25, -0.2) is 0 Å². The highest BCUT2D eigenvalue weighted by Gasteiger charge is 2.17. The maximum atomic E-state index is 9.21. The van der Waals surface area contributed by atoms with Gasteiger partial charge in [-0.2, -0.15) is 0 Å². The van der Waals surface area contributed by atoms with Crippen LogP contribution in [0.5, 0.6) is 5.75 Å². The Balaban J connectivity index is 2.66. The maximum absolute atomic E-state index is 9.21. The van der Waals surface area contributed by atoms with Crippen LogP contribution in [-0.4, -0.2) is 5.11 Å². The predicted molar refractivity (Wildman–Crippen MR) is 43.2 cm³/mol.